The lowest BCUT2D eigenvalue weighted by Gasteiger charge is -2.38. The second-order valence-corrected chi connectivity index (χ2v) is 8.83. The molecule has 2 aromatic carbocycles. The molecule has 1 aliphatic heterocycles. The van der Waals surface area contributed by atoms with Crippen LogP contribution >= 0.6 is 11.8 Å². The van der Waals surface area contributed by atoms with Crippen LogP contribution in [0.15, 0.2) is 59.5 Å². The van der Waals surface area contributed by atoms with Crippen molar-refractivity contribution in [1.82, 2.24) is 5.32 Å². The lowest BCUT2D eigenvalue weighted by atomic mass is 10.1. The number of fused-ring (bicyclic) bond motifs is 1. The van der Waals surface area contributed by atoms with Gasteiger partial charge in [-0.15, -0.1) is 11.8 Å². The van der Waals surface area contributed by atoms with E-state index in [1.54, 1.807) is 0 Å². The van der Waals surface area contributed by atoms with Gasteiger partial charge in [-0.05, 0) is 55.2 Å². The fourth-order valence-electron chi connectivity index (χ4n) is 3.68. The molecule has 0 saturated heterocycles. The molecule has 1 heterocycles. The fraction of sp³-hybridized carbons (Fsp3) is 0.435. The molecular formula is C23H29N3OS. The smallest absolute Gasteiger partial charge is 0.239 e. The van der Waals surface area contributed by atoms with Crippen molar-refractivity contribution in [2.24, 2.45) is 5.92 Å². The quantitative estimate of drug-likeness (QED) is 0.514. The lowest BCUT2D eigenvalue weighted by Crippen LogP contribution is -2.46. The molecule has 0 spiro atoms. The summed E-state index contributed by atoms with van der Waals surface area (Å²) in [7, 11) is 0. The Balaban J connectivity index is 1.22. The highest BCUT2D eigenvalue weighted by atomic mass is 32.2. The third kappa shape index (κ3) is 5.22. The Labute approximate surface area is 172 Å². The maximum Gasteiger partial charge on any atom is 0.239 e. The molecule has 0 atom stereocenters. The van der Waals surface area contributed by atoms with Gasteiger partial charge in [-0.25, -0.2) is 0 Å². The minimum Gasteiger partial charge on any atom is -0.368 e. The van der Waals surface area contributed by atoms with Crippen molar-refractivity contribution in [3.05, 3.63) is 54.6 Å². The first-order chi connectivity index (χ1) is 13.8. The van der Waals surface area contributed by atoms with Crippen LogP contribution < -0.4 is 15.1 Å². The van der Waals surface area contributed by atoms with Crippen molar-refractivity contribution in [3.63, 3.8) is 0 Å². The summed E-state index contributed by atoms with van der Waals surface area (Å²) >= 11 is 1.84. The van der Waals surface area contributed by atoms with E-state index < -0.39 is 0 Å². The number of carbonyl (C=O) groups excluding carboxylic acids is 1. The van der Waals surface area contributed by atoms with Gasteiger partial charge in [-0.2, -0.15) is 0 Å². The minimum absolute atomic E-state index is 0.121. The molecule has 28 heavy (non-hydrogen) atoms. The number of thioether (sulfide) groups is 1. The van der Waals surface area contributed by atoms with Gasteiger partial charge in [0.15, 0.2) is 0 Å². The number of amides is 1. The standard InChI is InChI=1S/C23H29N3OS/c27-23(24-13-6-16-28-20-7-2-1-3-8-20)18-26-15-14-25(17-19-11-12-19)21-9-4-5-10-22(21)26/h1-5,7-10,19H,6,11-18H2,(H,24,27). The first-order valence-electron chi connectivity index (χ1n) is 10.3. The van der Waals surface area contributed by atoms with Crippen molar-refractivity contribution >= 4 is 29.0 Å². The van der Waals surface area contributed by atoms with Gasteiger partial charge in [0, 0.05) is 31.1 Å². The minimum atomic E-state index is 0.121. The monoisotopic (exact) mass is 395 g/mol. The number of carbonyl (C=O) groups is 1. The average Bonchev–Trinajstić information content (AvgIpc) is 3.54. The molecule has 2 aliphatic rings. The number of nitrogens with one attached hydrogen (secondary N) is 1. The van der Waals surface area contributed by atoms with Crippen LogP contribution in [0.4, 0.5) is 11.4 Å². The molecule has 5 heteroatoms. The Morgan fingerprint density at radius 3 is 2.39 bits per heavy atom. The second kappa shape index (κ2) is 9.37. The summed E-state index contributed by atoms with van der Waals surface area (Å²) in [5, 5.41) is 3.09. The first-order valence-corrected chi connectivity index (χ1v) is 11.3. The van der Waals surface area contributed by atoms with Crippen molar-refractivity contribution < 1.29 is 4.79 Å². The van der Waals surface area contributed by atoms with E-state index in [9.17, 15) is 4.79 Å². The molecule has 0 bridgehead atoms. The van der Waals surface area contributed by atoms with E-state index in [2.05, 4.69) is 63.6 Å². The summed E-state index contributed by atoms with van der Waals surface area (Å²) < 4.78 is 0. The Bertz CT molecular complexity index is 778. The number of nitrogens with zero attached hydrogens (tertiary/aromatic N) is 2. The Morgan fingerprint density at radius 2 is 1.64 bits per heavy atom. The van der Waals surface area contributed by atoms with Crippen molar-refractivity contribution in [2.45, 2.75) is 24.2 Å². The molecule has 1 N–H and O–H groups in total. The molecule has 1 amide bonds. The normalized spacial score (nSPS) is 16.0. The molecule has 4 nitrogen and oxygen atoms in total. The molecule has 2 aromatic rings. The molecule has 0 radical (unpaired) electrons. The van der Waals surface area contributed by atoms with Crippen LogP contribution in [-0.4, -0.2) is 44.4 Å². The van der Waals surface area contributed by atoms with E-state index in [1.165, 1.54) is 29.1 Å². The van der Waals surface area contributed by atoms with Crippen molar-refractivity contribution in [3.8, 4) is 0 Å². The first kappa shape index (κ1) is 19.2. The Hall–Kier alpha value is -2.14. The molecular weight excluding hydrogens is 366 g/mol. The van der Waals surface area contributed by atoms with E-state index in [1.807, 2.05) is 17.8 Å². The zero-order chi connectivity index (χ0) is 19.2. The maximum atomic E-state index is 12.5. The van der Waals surface area contributed by atoms with Gasteiger partial charge in [0.2, 0.25) is 5.91 Å². The average molecular weight is 396 g/mol. The zero-order valence-corrected chi connectivity index (χ0v) is 17.2. The zero-order valence-electron chi connectivity index (χ0n) is 16.3. The van der Waals surface area contributed by atoms with Gasteiger partial charge in [-0.3, -0.25) is 4.79 Å². The third-order valence-corrected chi connectivity index (χ3v) is 6.47. The lowest BCUT2D eigenvalue weighted by molar-refractivity contribution is -0.119. The molecule has 1 aliphatic carbocycles. The van der Waals surface area contributed by atoms with Crippen LogP contribution in [0.1, 0.15) is 19.3 Å². The van der Waals surface area contributed by atoms with Gasteiger partial charge in [0.05, 0.1) is 17.9 Å². The Kier molecular flexibility index (Phi) is 6.42. The van der Waals surface area contributed by atoms with Crippen LogP contribution in [-0.2, 0) is 4.79 Å². The van der Waals surface area contributed by atoms with Crippen molar-refractivity contribution in [2.75, 3.05) is 48.3 Å². The van der Waals surface area contributed by atoms with Crippen LogP contribution in [0, 0.1) is 5.92 Å². The van der Waals surface area contributed by atoms with Crippen LogP contribution in [0.3, 0.4) is 0 Å². The van der Waals surface area contributed by atoms with Gasteiger partial charge in [0.1, 0.15) is 0 Å². The predicted octanol–water partition coefficient (Wildman–Crippen LogP) is 4.02. The van der Waals surface area contributed by atoms with Gasteiger partial charge >= 0.3 is 0 Å². The molecule has 0 aromatic heterocycles. The van der Waals surface area contributed by atoms with E-state index in [0.29, 0.717) is 6.54 Å². The fourth-order valence-corrected chi connectivity index (χ4v) is 4.56. The van der Waals surface area contributed by atoms with E-state index in [4.69, 9.17) is 0 Å². The summed E-state index contributed by atoms with van der Waals surface area (Å²) in [6.45, 7) is 4.27. The SMILES string of the molecule is O=C(CN1CCN(CC2CC2)c2ccccc21)NCCCSc1ccccc1. The van der Waals surface area contributed by atoms with Gasteiger partial charge in [0.25, 0.3) is 0 Å². The summed E-state index contributed by atoms with van der Waals surface area (Å²) in [4.78, 5) is 18.5. The maximum absolute atomic E-state index is 12.5. The molecule has 1 fully saturated rings. The summed E-state index contributed by atoms with van der Waals surface area (Å²) in [5.74, 6) is 2.01. The molecule has 148 valence electrons. The van der Waals surface area contributed by atoms with Gasteiger partial charge < -0.3 is 15.1 Å². The summed E-state index contributed by atoms with van der Waals surface area (Å²) in [6.07, 6.45) is 3.72. The van der Waals surface area contributed by atoms with E-state index >= 15 is 0 Å². The highest BCUT2D eigenvalue weighted by molar-refractivity contribution is 7.99. The van der Waals surface area contributed by atoms with Crippen LogP contribution in [0.5, 0.6) is 0 Å². The molecule has 0 unspecified atom stereocenters. The largest absolute Gasteiger partial charge is 0.368 e. The summed E-state index contributed by atoms with van der Waals surface area (Å²) in [6, 6.07) is 18.9. The number of hydrogen-bond donors (Lipinski definition) is 1. The highest BCUT2D eigenvalue weighted by Gasteiger charge is 2.29. The van der Waals surface area contributed by atoms with Crippen LogP contribution in [0.2, 0.25) is 0 Å². The molecule has 1 saturated carbocycles. The molecule has 4 rings (SSSR count). The second-order valence-electron chi connectivity index (χ2n) is 7.66. The van der Waals surface area contributed by atoms with E-state index in [0.717, 1.165) is 44.3 Å². The number of anilines is 2. The van der Waals surface area contributed by atoms with Gasteiger partial charge in [-0.1, -0.05) is 30.3 Å². The van der Waals surface area contributed by atoms with Crippen LogP contribution in [0.25, 0.3) is 0 Å². The van der Waals surface area contributed by atoms with Crippen molar-refractivity contribution in [1.29, 1.82) is 0 Å². The number of para-hydroxylation sites is 2. The topological polar surface area (TPSA) is 35.6 Å². The Morgan fingerprint density at radius 1 is 0.964 bits per heavy atom. The summed E-state index contributed by atoms with van der Waals surface area (Å²) in [5.41, 5.74) is 2.48. The number of hydrogen-bond acceptors (Lipinski definition) is 4. The number of benzene rings is 2. The number of rotatable bonds is 9. The van der Waals surface area contributed by atoms with E-state index in [-0.39, 0.29) is 5.91 Å². The highest BCUT2D eigenvalue weighted by Crippen LogP contribution is 2.37. The third-order valence-electron chi connectivity index (χ3n) is 5.37. The predicted molar refractivity (Wildman–Crippen MR) is 118 cm³/mol.